The number of aryl methyl sites for hydroxylation is 2. The highest BCUT2D eigenvalue weighted by Crippen LogP contribution is 2.27. The number of anilines is 1. The highest BCUT2D eigenvalue weighted by Gasteiger charge is 2.27. The van der Waals surface area contributed by atoms with E-state index in [2.05, 4.69) is 0 Å². The Morgan fingerprint density at radius 2 is 1.77 bits per heavy atom. The van der Waals surface area contributed by atoms with Gasteiger partial charge in [0.05, 0.1) is 21.9 Å². The summed E-state index contributed by atoms with van der Waals surface area (Å²) in [6, 6.07) is 9.80. The average Bonchev–Trinajstić information content (AvgIpc) is 2.53. The topological polar surface area (TPSA) is 118 Å². The quantitative estimate of drug-likeness (QED) is 0.585. The molecule has 0 spiro atoms. The van der Waals surface area contributed by atoms with Crippen molar-refractivity contribution in [2.45, 2.75) is 25.2 Å². The van der Waals surface area contributed by atoms with Crippen LogP contribution in [0.1, 0.15) is 17.5 Å². The van der Waals surface area contributed by atoms with E-state index < -0.39 is 27.3 Å². The molecule has 26 heavy (non-hydrogen) atoms. The summed E-state index contributed by atoms with van der Waals surface area (Å²) in [5.74, 6) is -1.14. The number of carboxylic acid groups (broad SMARTS) is 1. The zero-order valence-electron chi connectivity index (χ0n) is 14.2. The third-order valence-electron chi connectivity index (χ3n) is 3.64. The van der Waals surface area contributed by atoms with Crippen LogP contribution in [0.25, 0.3) is 0 Å². The molecule has 0 fully saturated rings. The lowest BCUT2D eigenvalue weighted by Gasteiger charge is -2.24. The maximum absolute atomic E-state index is 13.1. The predicted molar refractivity (Wildman–Crippen MR) is 95.8 cm³/mol. The fourth-order valence-corrected chi connectivity index (χ4v) is 4.05. The largest absolute Gasteiger partial charge is 0.481 e. The number of nitro groups is 1. The Morgan fingerprint density at radius 1 is 1.15 bits per heavy atom. The minimum Gasteiger partial charge on any atom is -0.481 e. The van der Waals surface area contributed by atoms with Crippen molar-refractivity contribution < 1.29 is 23.2 Å². The van der Waals surface area contributed by atoms with Crippen LogP contribution in [-0.2, 0) is 14.8 Å². The Kier molecular flexibility index (Phi) is 5.61. The molecule has 0 radical (unpaired) electrons. The zero-order chi connectivity index (χ0) is 19.5. The third-order valence-corrected chi connectivity index (χ3v) is 5.46. The van der Waals surface area contributed by atoms with Crippen LogP contribution < -0.4 is 4.31 Å². The minimum atomic E-state index is -4.17. The Bertz CT molecular complexity index is 935. The molecule has 0 aliphatic rings. The molecule has 0 atom stereocenters. The summed E-state index contributed by atoms with van der Waals surface area (Å²) in [6.07, 6.45) is -0.402. The van der Waals surface area contributed by atoms with Crippen molar-refractivity contribution in [1.29, 1.82) is 0 Å². The number of nitro benzene ring substituents is 1. The first-order chi connectivity index (χ1) is 12.1. The van der Waals surface area contributed by atoms with Crippen LogP contribution in [0.4, 0.5) is 11.4 Å². The number of rotatable bonds is 7. The molecule has 2 aromatic carbocycles. The second kappa shape index (κ2) is 7.52. The van der Waals surface area contributed by atoms with Gasteiger partial charge >= 0.3 is 5.97 Å². The lowest BCUT2D eigenvalue weighted by atomic mass is 10.1. The lowest BCUT2D eigenvalue weighted by molar-refractivity contribution is -0.385. The number of hydrogen-bond acceptors (Lipinski definition) is 5. The molecule has 138 valence electrons. The number of aliphatic carboxylic acids is 1. The number of carboxylic acids is 1. The average molecular weight is 378 g/mol. The first-order valence-electron chi connectivity index (χ1n) is 7.68. The minimum absolute atomic E-state index is 0.267. The van der Waals surface area contributed by atoms with Crippen molar-refractivity contribution in [2.24, 2.45) is 0 Å². The summed E-state index contributed by atoms with van der Waals surface area (Å²) in [4.78, 5) is 21.0. The van der Waals surface area contributed by atoms with Gasteiger partial charge in [-0.3, -0.25) is 19.2 Å². The van der Waals surface area contributed by atoms with Gasteiger partial charge < -0.3 is 5.11 Å². The van der Waals surface area contributed by atoms with Crippen molar-refractivity contribution in [3.63, 3.8) is 0 Å². The second-order valence-electron chi connectivity index (χ2n) is 5.82. The van der Waals surface area contributed by atoms with Crippen molar-refractivity contribution in [1.82, 2.24) is 0 Å². The highest BCUT2D eigenvalue weighted by atomic mass is 32.2. The van der Waals surface area contributed by atoms with E-state index in [1.165, 1.54) is 18.2 Å². The fourth-order valence-electron chi connectivity index (χ4n) is 2.56. The van der Waals surface area contributed by atoms with Gasteiger partial charge in [0.15, 0.2) is 0 Å². The van der Waals surface area contributed by atoms with Crippen LogP contribution >= 0.6 is 0 Å². The maximum atomic E-state index is 13.1. The summed E-state index contributed by atoms with van der Waals surface area (Å²) in [7, 11) is -4.17. The Labute approximate surface area is 150 Å². The summed E-state index contributed by atoms with van der Waals surface area (Å²) < 4.78 is 27.1. The van der Waals surface area contributed by atoms with Gasteiger partial charge in [0, 0.05) is 18.7 Å². The maximum Gasteiger partial charge on any atom is 0.305 e. The van der Waals surface area contributed by atoms with E-state index in [1.807, 2.05) is 6.07 Å². The molecular formula is C17H18N2O6S. The third kappa shape index (κ3) is 4.37. The smallest absolute Gasteiger partial charge is 0.305 e. The Morgan fingerprint density at radius 3 is 2.31 bits per heavy atom. The lowest BCUT2D eigenvalue weighted by Crippen LogP contribution is -2.33. The molecule has 0 aliphatic carbocycles. The van der Waals surface area contributed by atoms with Crippen molar-refractivity contribution in [2.75, 3.05) is 10.8 Å². The van der Waals surface area contributed by atoms with Crippen LogP contribution in [-0.4, -0.2) is 31.0 Å². The molecule has 0 amide bonds. The van der Waals surface area contributed by atoms with Gasteiger partial charge in [-0.15, -0.1) is 0 Å². The molecule has 0 saturated carbocycles. The van der Waals surface area contributed by atoms with E-state index in [-0.39, 0.29) is 17.1 Å². The molecule has 0 aliphatic heterocycles. The van der Waals surface area contributed by atoms with Gasteiger partial charge in [-0.05, 0) is 43.2 Å². The van der Waals surface area contributed by atoms with Crippen LogP contribution in [0, 0.1) is 24.0 Å². The number of hydrogen-bond donors (Lipinski definition) is 1. The first-order valence-corrected chi connectivity index (χ1v) is 9.12. The standard InChI is InChI=1S/C17H18N2O6S/c1-12-8-13(2)10-15(9-12)18(7-6-17(20)21)26(24,25)16-5-3-4-14(11-16)19(22)23/h3-5,8-11H,6-7H2,1-2H3,(H,20,21). The second-order valence-corrected chi connectivity index (χ2v) is 7.68. The summed E-state index contributed by atoms with van der Waals surface area (Å²) in [5, 5.41) is 19.9. The molecule has 0 bridgehead atoms. The van der Waals surface area contributed by atoms with Gasteiger partial charge in [0.2, 0.25) is 0 Å². The van der Waals surface area contributed by atoms with Crippen molar-refractivity contribution in [3.05, 3.63) is 63.7 Å². The SMILES string of the molecule is Cc1cc(C)cc(N(CCC(=O)O)S(=O)(=O)c2cccc([N+](=O)[O-])c2)c1. The summed E-state index contributed by atoms with van der Waals surface area (Å²) in [6.45, 7) is 3.31. The molecule has 0 saturated heterocycles. The molecule has 9 heteroatoms. The van der Waals surface area contributed by atoms with Gasteiger partial charge in [-0.25, -0.2) is 8.42 Å². The molecule has 1 N–H and O–H groups in total. The van der Waals surface area contributed by atoms with Crippen LogP contribution in [0.5, 0.6) is 0 Å². The number of carbonyl (C=O) groups is 1. The molecule has 0 aromatic heterocycles. The molecule has 0 heterocycles. The van der Waals surface area contributed by atoms with Gasteiger partial charge in [0.1, 0.15) is 0 Å². The van der Waals surface area contributed by atoms with E-state index in [9.17, 15) is 23.3 Å². The van der Waals surface area contributed by atoms with E-state index in [0.29, 0.717) is 5.69 Å². The zero-order valence-corrected chi connectivity index (χ0v) is 15.1. The van der Waals surface area contributed by atoms with E-state index in [0.717, 1.165) is 21.5 Å². The molecule has 2 rings (SSSR count). The van der Waals surface area contributed by atoms with Gasteiger partial charge in [-0.2, -0.15) is 0 Å². The first kappa shape index (κ1) is 19.4. The van der Waals surface area contributed by atoms with Crippen molar-refractivity contribution in [3.8, 4) is 0 Å². The Balaban J connectivity index is 2.57. The summed E-state index contributed by atoms with van der Waals surface area (Å²) in [5.41, 5.74) is 1.59. The molecular weight excluding hydrogens is 360 g/mol. The Hall–Kier alpha value is -2.94. The molecule has 0 unspecified atom stereocenters. The normalized spacial score (nSPS) is 11.2. The monoisotopic (exact) mass is 378 g/mol. The highest BCUT2D eigenvalue weighted by molar-refractivity contribution is 7.92. The van der Waals surface area contributed by atoms with E-state index in [4.69, 9.17) is 5.11 Å². The number of non-ortho nitro benzene ring substituents is 1. The van der Waals surface area contributed by atoms with Crippen LogP contribution in [0.15, 0.2) is 47.4 Å². The van der Waals surface area contributed by atoms with E-state index in [1.54, 1.807) is 26.0 Å². The van der Waals surface area contributed by atoms with Gasteiger partial charge in [-0.1, -0.05) is 12.1 Å². The predicted octanol–water partition coefficient (Wildman–Crippen LogP) is 2.88. The van der Waals surface area contributed by atoms with E-state index >= 15 is 0 Å². The fraction of sp³-hybridized carbons (Fsp3) is 0.235. The molecule has 8 nitrogen and oxygen atoms in total. The number of benzene rings is 2. The number of sulfonamides is 1. The van der Waals surface area contributed by atoms with Crippen molar-refractivity contribution >= 4 is 27.4 Å². The number of nitrogens with zero attached hydrogens (tertiary/aromatic N) is 2. The summed E-state index contributed by atoms with van der Waals surface area (Å²) >= 11 is 0. The van der Waals surface area contributed by atoms with Gasteiger partial charge in [0.25, 0.3) is 15.7 Å². The molecule has 2 aromatic rings. The van der Waals surface area contributed by atoms with Crippen LogP contribution in [0.3, 0.4) is 0 Å². The van der Waals surface area contributed by atoms with Crippen LogP contribution in [0.2, 0.25) is 0 Å².